The van der Waals surface area contributed by atoms with Crippen molar-refractivity contribution in [3.8, 4) is 5.75 Å². The summed E-state index contributed by atoms with van der Waals surface area (Å²) in [5, 5.41) is 11.0. The fourth-order valence-corrected chi connectivity index (χ4v) is 2.69. The highest BCUT2D eigenvalue weighted by Gasteiger charge is 2.16. The molecule has 0 spiro atoms. The first-order valence-electron chi connectivity index (χ1n) is 8.83. The van der Waals surface area contributed by atoms with E-state index in [2.05, 4.69) is 46.6 Å². The van der Waals surface area contributed by atoms with E-state index in [4.69, 9.17) is 4.74 Å². The van der Waals surface area contributed by atoms with E-state index in [0.717, 1.165) is 30.4 Å². The average Bonchev–Trinajstić information content (AvgIpc) is 3.05. The van der Waals surface area contributed by atoms with Gasteiger partial charge < -0.3 is 20.3 Å². The molecule has 2 N–H and O–H groups in total. The fourth-order valence-electron chi connectivity index (χ4n) is 2.69. The lowest BCUT2D eigenvalue weighted by molar-refractivity contribution is 0.298. The number of guanidine groups is 1. The number of aliphatic imine (C=N–C) groups is 1. The lowest BCUT2D eigenvalue weighted by Gasteiger charge is -2.24. The summed E-state index contributed by atoms with van der Waals surface area (Å²) in [7, 11) is 7.75. The van der Waals surface area contributed by atoms with Crippen LogP contribution in [0.5, 0.6) is 5.75 Å². The molecular weight excluding hydrogens is 328 g/mol. The van der Waals surface area contributed by atoms with Gasteiger partial charge in [0.25, 0.3) is 0 Å². The minimum Gasteiger partial charge on any atom is -0.497 e. The Morgan fingerprint density at radius 1 is 1.35 bits per heavy atom. The van der Waals surface area contributed by atoms with Crippen molar-refractivity contribution in [1.82, 2.24) is 25.3 Å². The van der Waals surface area contributed by atoms with Crippen molar-refractivity contribution >= 4 is 5.96 Å². The second-order valence-electron chi connectivity index (χ2n) is 6.35. The van der Waals surface area contributed by atoms with Crippen LogP contribution in [-0.2, 0) is 13.6 Å². The third-order valence-electron chi connectivity index (χ3n) is 4.09. The van der Waals surface area contributed by atoms with Crippen LogP contribution < -0.4 is 15.4 Å². The number of aromatic nitrogens is 2. The maximum atomic E-state index is 5.27. The molecule has 0 fully saturated rings. The molecule has 7 nitrogen and oxygen atoms in total. The van der Waals surface area contributed by atoms with Gasteiger partial charge in [-0.3, -0.25) is 4.68 Å². The number of hydrogen-bond donors (Lipinski definition) is 2. The first-order chi connectivity index (χ1) is 12.5. The molecule has 2 aromatic rings. The van der Waals surface area contributed by atoms with Crippen molar-refractivity contribution in [2.45, 2.75) is 19.5 Å². The Morgan fingerprint density at radius 2 is 2.15 bits per heavy atom. The summed E-state index contributed by atoms with van der Waals surface area (Å²) in [6, 6.07) is 8.18. The summed E-state index contributed by atoms with van der Waals surface area (Å²) >= 11 is 0. The van der Waals surface area contributed by atoms with Crippen LogP contribution in [0.4, 0.5) is 0 Å². The van der Waals surface area contributed by atoms with E-state index >= 15 is 0 Å². The fraction of sp³-hybridized carbons (Fsp3) is 0.474. The first-order valence-corrected chi connectivity index (χ1v) is 8.83. The number of rotatable bonds is 8. The standard InChI is InChI=1S/C19H30N6O/c1-6-20-19(21-11-15-8-7-9-17(10-15)26-5)22-13-18(24(2)3)16-12-23-25(4)14-16/h7-10,12,14,18H,6,11,13H2,1-5H3,(H2,20,21,22). The predicted octanol–water partition coefficient (Wildman–Crippen LogP) is 1.79. The van der Waals surface area contributed by atoms with Crippen LogP contribution in [0.15, 0.2) is 41.7 Å². The molecule has 0 amide bonds. The number of benzene rings is 1. The van der Waals surface area contributed by atoms with Crippen LogP contribution in [0.25, 0.3) is 0 Å². The molecule has 0 bridgehead atoms. The Labute approximate surface area is 156 Å². The highest BCUT2D eigenvalue weighted by atomic mass is 16.5. The zero-order valence-electron chi connectivity index (χ0n) is 16.4. The van der Waals surface area contributed by atoms with Crippen LogP contribution in [0.1, 0.15) is 24.1 Å². The topological polar surface area (TPSA) is 66.7 Å². The molecular formula is C19H30N6O. The highest BCUT2D eigenvalue weighted by molar-refractivity contribution is 5.79. The molecule has 1 aromatic heterocycles. The molecule has 2 rings (SSSR count). The highest BCUT2D eigenvalue weighted by Crippen LogP contribution is 2.16. The SMILES string of the molecule is CCNC(=NCc1cccc(OC)c1)NCC(c1cnn(C)c1)N(C)C. The zero-order chi connectivity index (χ0) is 18.9. The minimum absolute atomic E-state index is 0.212. The van der Waals surface area contributed by atoms with Crippen molar-refractivity contribution in [3.63, 3.8) is 0 Å². The summed E-state index contributed by atoms with van der Waals surface area (Å²) in [5.41, 5.74) is 2.28. The number of nitrogens with one attached hydrogen (secondary N) is 2. The maximum absolute atomic E-state index is 5.27. The van der Waals surface area contributed by atoms with E-state index in [1.807, 2.05) is 48.4 Å². The van der Waals surface area contributed by atoms with Crippen molar-refractivity contribution < 1.29 is 4.74 Å². The van der Waals surface area contributed by atoms with Gasteiger partial charge in [0, 0.05) is 31.9 Å². The molecule has 1 aromatic carbocycles. The predicted molar refractivity (Wildman–Crippen MR) is 105 cm³/mol. The van der Waals surface area contributed by atoms with Crippen LogP contribution in [0.2, 0.25) is 0 Å². The number of methoxy groups -OCH3 is 1. The molecule has 0 aliphatic heterocycles. The first kappa shape index (κ1) is 19.8. The van der Waals surface area contributed by atoms with Crippen molar-refractivity contribution in [2.24, 2.45) is 12.0 Å². The second kappa shape index (κ2) is 9.82. The summed E-state index contributed by atoms with van der Waals surface area (Å²) in [6.45, 7) is 4.20. The van der Waals surface area contributed by atoms with Crippen LogP contribution in [-0.4, -0.2) is 54.9 Å². The van der Waals surface area contributed by atoms with Crippen LogP contribution in [0.3, 0.4) is 0 Å². The van der Waals surface area contributed by atoms with Gasteiger partial charge in [0.1, 0.15) is 5.75 Å². The molecule has 0 radical (unpaired) electrons. The van der Waals surface area contributed by atoms with E-state index < -0.39 is 0 Å². The zero-order valence-corrected chi connectivity index (χ0v) is 16.4. The van der Waals surface area contributed by atoms with Gasteiger partial charge in [-0.15, -0.1) is 0 Å². The number of aryl methyl sites for hydroxylation is 1. The van der Waals surface area contributed by atoms with Gasteiger partial charge in [0.05, 0.1) is 25.9 Å². The molecule has 7 heteroatoms. The smallest absolute Gasteiger partial charge is 0.191 e. The van der Waals surface area contributed by atoms with Gasteiger partial charge in [0.15, 0.2) is 5.96 Å². The molecule has 142 valence electrons. The third-order valence-corrected chi connectivity index (χ3v) is 4.09. The molecule has 26 heavy (non-hydrogen) atoms. The average molecular weight is 358 g/mol. The molecule has 1 atom stereocenters. The van der Waals surface area contributed by atoms with Crippen LogP contribution in [0, 0.1) is 0 Å². The van der Waals surface area contributed by atoms with Crippen LogP contribution >= 0.6 is 0 Å². The lowest BCUT2D eigenvalue weighted by Crippen LogP contribution is -2.41. The summed E-state index contributed by atoms with van der Waals surface area (Å²) in [5.74, 6) is 1.64. The largest absolute Gasteiger partial charge is 0.497 e. The number of likely N-dealkylation sites (N-methyl/N-ethyl adjacent to an activating group) is 1. The monoisotopic (exact) mass is 358 g/mol. The second-order valence-corrected chi connectivity index (χ2v) is 6.35. The Hall–Kier alpha value is -2.54. The normalized spacial score (nSPS) is 12.9. The van der Waals surface area contributed by atoms with Gasteiger partial charge in [0.2, 0.25) is 0 Å². The Balaban J connectivity index is 2.03. The number of hydrogen-bond acceptors (Lipinski definition) is 4. The quantitative estimate of drug-likeness (QED) is 0.556. The maximum Gasteiger partial charge on any atom is 0.191 e. The third kappa shape index (κ3) is 5.77. The lowest BCUT2D eigenvalue weighted by atomic mass is 10.1. The van der Waals surface area contributed by atoms with Crippen molar-refractivity contribution in [3.05, 3.63) is 47.8 Å². The Bertz CT molecular complexity index is 710. The van der Waals surface area contributed by atoms with E-state index in [1.54, 1.807) is 7.11 Å². The Kier molecular flexibility index (Phi) is 7.47. The number of ether oxygens (including phenoxy) is 1. The summed E-state index contributed by atoms with van der Waals surface area (Å²) < 4.78 is 7.10. The van der Waals surface area contributed by atoms with Crippen molar-refractivity contribution in [1.29, 1.82) is 0 Å². The van der Waals surface area contributed by atoms with Gasteiger partial charge in [-0.1, -0.05) is 12.1 Å². The van der Waals surface area contributed by atoms with E-state index in [9.17, 15) is 0 Å². The molecule has 0 saturated carbocycles. The van der Waals surface area contributed by atoms with Gasteiger partial charge in [-0.25, -0.2) is 4.99 Å². The van der Waals surface area contributed by atoms with E-state index in [0.29, 0.717) is 6.54 Å². The van der Waals surface area contributed by atoms with Gasteiger partial charge in [-0.2, -0.15) is 5.10 Å². The Morgan fingerprint density at radius 3 is 2.77 bits per heavy atom. The summed E-state index contributed by atoms with van der Waals surface area (Å²) in [4.78, 5) is 6.87. The van der Waals surface area contributed by atoms with Gasteiger partial charge >= 0.3 is 0 Å². The van der Waals surface area contributed by atoms with E-state index in [1.165, 1.54) is 5.56 Å². The molecule has 1 heterocycles. The van der Waals surface area contributed by atoms with Gasteiger partial charge in [-0.05, 0) is 38.7 Å². The van der Waals surface area contributed by atoms with E-state index in [-0.39, 0.29) is 6.04 Å². The molecule has 1 unspecified atom stereocenters. The van der Waals surface area contributed by atoms with Crippen molar-refractivity contribution in [2.75, 3.05) is 34.3 Å². The number of nitrogens with zero attached hydrogens (tertiary/aromatic N) is 4. The molecule has 0 saturated heterocycles. The minimum atomic E-state index is 0.212. The molecule has 0 aliphatic carbocycles. The summed E-state index contributed by atoms with van der Waals surface area (Å²) in [6.07, 6.45) is 3.96. The molecule has 0 aliphatic rings.